The summed E-state index contributed by atoms with van der Waals surface area (Å²) in [6.07, 6.45) is 2.66. The van der Waals surface area contributed by atoms with Crippen LogP contribution in [0.2, 0.25) is 0 Å². The predicted octanol–water partition coefficient (Wildman–Crippen LogP) is 4.42. The molecular weight excluding hydrogens is 617 g/mol. The molecule has 0 aliphatic heterocycles. The molecule has 9 nitrogen and oxygen atoms in total. The van der Waals surface area contributed by atoms with E-state index >= 15 is 0 Å². The van der Waals surface area contributed by atoms with Crippen molar-refractivity contribution in [3.8, 4) is 11.1 Å². The van der Waals surface area contributed by atoms with Gasteiger partial charge in [0.05, 0.1) is 23.4 Å². The number of nitrogens with zero attached hydrogens (tertiary/aromatic N) is 1. The van der Waals surface area contributed by atoms with Gasteiger partial charge in [-0.25, -0.2) is 9.19 Å². The van der Waals surface area contributed by atoms with Gasteiger partial charge in [-0.2, -0.15) is 0 Å². The lowest BCUT2D eigenvalue weighted by molar-refractivity contribution is -0.126. The van der Waals surface area contributed by atoms with E-state index in [-0.39, 0.29) is 24.4 Å². The van der Waals surface area contributed by atoms with Crippen molar-refractivity contribution in [2.24, 2.45) is 0 Å². The van der Waals surface area contributed by atoms with Gasteiger partial charge in [-0.1, -0.05) is 59.3 Å². The van der Waals surface area contributed by atoms with E-state index in [1.54, 1.807) is 19.2 Å². The van der Waals surface area contributed by atoms with Gasteiger partial charge in [0.25, 0.3) is 5.91 Å². The highest BCUT2D eigenvalue weighted by Crippen LogP contribution is 2.35. The van der Waals surface area contributed by atoms with Crippen molar-refractivity contribution in [3.05, 3.63) is 88.9 Å². The van der Waals surface area contributed by atoms with Crippen molar-refractivity contribution >= 4 is 59.9 Å². The van der Waals surface area contributed by atoms with E-state index in [1.807, 2.05) is 60.7 Å². The third-order valence-corrected chi connectivity index (χ3v) is 11.3. The molecule has 12 heteroatoms. The van der Waals surface area contributed by atoms with E-state index < -0.39 is 21.0 Å². The summed E-state index contributed by atoms with van der Waals surface area (Å²) in [5.74, 6) is -0.440. The fourth-order valence-corrected chi connectivity index (χ4v) is 8.66. The summed E-state index contributed by atoms with van der Waals surface area (Å²) in [5, 5.41) is 7.84. The number of carbonyl (C=O) groups is 3. The number of nitrogens with one attached hydrogen (secondary N) is 3. The molecule has 2 atom stereocenters. The fraction of sp³-hybridized carbons (Fsp3) is 0.312. The van der Waals surface area contributed by atoms with Crippen LogP contribution in [0.1, 0.15) is 39.0 Å². The van der Waals surface area contributed by atoms with Gasteiger partial charge in [0.1, 0.15) is 14.8 Å². The van der Waals surface area contributed by atoms with Gasteiger partial charge in [-0.05, 0) is 60.2 Å². The second-order valence-electron chi connectivity index (χ2n) is 10.3. The number of aromatic nitrogens is 1. The zero-order valence-corrected chi connectivity index (χ0v) is 26.7. The molecule has 3 N–H and O–H groups in total. The lowest BCUT2D eigenvalue weighted by Crippen LogP contribution is -2.40. The third kappa shape index (κ3) is 8.75. The van der Waals surface area contributed by atoms with Crippen molar-refractivity contribution in [3.63, 3.8) is 0 Å². The van der Waals surface area contributed by atoms with Crippen molar-refractivity contribution in [1.82, 2.24) is 20.9 Å². The molecule has 1 aliphatic carbocycles. The van der Waals surface area contributed by atoms with Crippen LogP contribution in [0.25, 0.3) is 21.3 Å². The number of ether oxygens (including phenoxy) is 1. The number of hydrogen-bond donors (Lipinski definition) is 3. The van der Waals surface area contributed by atoms with Gasteiger partial charge >= 0.3 is 0 Å². The van der Waals surface area contributed by atoms with E-state index in [0.29, 0.717) is 35.0 Å². The summed E-state index contributed by atoms with van der Waals surface area (Å²) in [6, 6.07) is 23.4. The Morgan fingerprint density at radius 1 is 1.02 bits per heavy atom. The first-order valence-corrected chi connectivity index (χ1v) is 17.9. The molecule has 0 bridgehead atoms. The monoisotopic (exact) mass is 650 g/mol. The molecular formula is C32H34N4O5S3. The molecule has 1 saturated carbocycles. The molecule has 1 aliphatic rings. The predicted molar refractivity (Wildman–Crippen MR) is 177 cm³/mol. The van der Waals surface area contributed by atoms with Crippen molar-refractivity contribution < 1.29 is 23.3 Å². The molecule has 0 radical (unpaired) electrons. The minimum Gasteiger partial charge on any atom is -0.384 e. The fourth-order valence-electron chi connectivity index (χ4n) is 4.43. The van der Waals surface area contributed by atoms with Crippen LogP contribution < -0.4 is 16.0 Å². The largest absolute Gasteiger partial charge is 0.384 e. The zero-order chi connectivity index (χ0) is 30.9. The molecule has 5 rings (SSSR count). The van der Waals surface area contributed by atoms with Gasteiger partial charge < -0.3 is 20.7 Å². The molecule has 0 spiro atoms. The van der Waals surface area contributed by atoms with Crippen LogP contribution in [0.5, 0.6) is 0 Å². The number of fused-ring (bicyclic) bond motifs is 1. The number of benzene rings is 3. The second kappa shape index (κ2) is 15.4. The highest BCUT2D eigenvalue weighted by molar-refractivity contribution is 8.69. The van der Waals surface area contributed by atoms with E-state index in [4.69, 9.17) is 4.74 Å². The van der Waals surface area contributed by atoms with Crippen LogP contribution in [0.15, 0.2) is 72.8 Å². The lowest BCUT2D eigenvalue weighted by Gasteiger charge is -2.14. The Hall–Kier alpha value is -3.58. The van der Waals surface area contributed by atoms with Gasteiger partial charge in [-0.15, -0.1) is 11.3 Å². The summed E-state index contributed by atoms with van der Waals surface area (Å²) >= 11 is 1.31. The summed E-state index contributed by atoms with van der Waals surface area (Å²) in [7, 11) is 1.05. The number of methoxy groups -OCH3 is 1. The average molecular weight is 651 g/mol. The molecule has 1 heterocycles. The maximum Gasteiger partial charge on any atom is 0.251 e. The Bertz CT molecular complexity index is 1620. The topological polar surface area (TPSA) is 126 Å². The van der Waals surface area contributed by atoms with Crippen molar-refractivity contribution in [2.45, 2.75) is 30.6 Å². The molecule has 3 aromatic carbocycles. The van der Waals surface area contributed by atoms with Gasteiger partial charge in [0.2, 0.25) is 11.8 Å². The van der Waals surface area contributed by atoms with Crippen molar-refractivity contribution in [1.29, 1.82) is 0 Å². The quantitative estimate of drug-likeness (QED) is 0.129. The number of carbonyl (C=O) groups excluding carboxylic acids is 3. The van der Waals surface area contributed by atoms with E-state index in [2.05, 4.69) is 20.9 Å². The molecule has 2 unspecified atom stereocenters. The number of amides is 3. The first kappa shape index (κ1) is 31.8. The van der Waals surface area contributed by atoms with Gasteiger partial charge in [-0.3, -0.25) is 14.4 Å². The number of rotatable bonds is 15. The molecule has 4 aromatic rings. The first-order chi connectivity index (χ1) is 21.4. The van der Waals surface area contributed by atoms with Gasteiger partial charge in [0.15, 0.2) is 5.25 Å². The molecule has 0 saturated heterocycles. The summed E-state index contributed by atoms with van der Waals surface area (Å²) in [6.45, 7) is 0.769. The van der Waals surface area contributed by atoms with Crippen LogP contribution in [0, 0.1) is 0 Å². The number of hydrogen-bond acceptors (Lipinski definition) is 8. The summed E-state index contributed by atoms with van der Waals surface area (Å²) in [4.78, 5) is 42.7. The van der Waals surface area contributed by atoms with Gasteiger partial charge in [0, 0.05) is 31.0 Å². The Balaban J connectivity index is 1.27. The average Bonchev–Trinajstić information content (AvgIpc) is 3.75. The standard InChI is InChI=1S/C32H34N4O5S3/c1-41-17-18-42-44(40)29(31(39)34-20-28(37)35-25-12-13-25)32-36-26-14-11-24(19-27(26)43-32)22-7-9-23(10-8-22)30(38)33-16-15-21-5-3-2-4-6-21/h2-11,14,19,25,29H,12-13,15-18,20H2,1H3,(H,33,38)(H,34,39)(H,35,37). The summed E-state index contributed by atoms with van der Waals surface area (Å²) < 4.78 is 19.2. The SMILES string of the molecule is COCCSS(=O)C(C(=O)NCC(=O)NC1CC1)c1nc2ccc(-c3ccc(C(=O)NCCc4ccccc4)cc3)cc2s1. The smallest absolute Gasteiger partial charge is 0.251 e. The van der Waals surface area contributed by atoms with Crippen LogP contribution in [-0.2, 0) is 30.6 Å². The van der Waals surface area contributed by atoms with Crippen LogP contribution in [0.3, 0.4) is 0 Å². The Kier molecular flexibility index (Phi) is 11.2. The Morgan fingerprint density at radius 2 is 1.77 bits per heavy atom. The van der Waals surface area contributed by atoms with Crippen molar-refractivity contribution in [2.75, 3.05) is 32.6 Å². The van der Waals surface area contributed by atoms with Crippen LogP contribution in [-0.4, -0.2) is 65.5 Å². The highest BCUT2D eigenvalue weighted by Gasteiger charge is 2.32. The molecule has 1 fully saturated rings. The van der Waals surface area contributed by atoms with Crippen LogP contribution in [0.4, 0.5) is 0 Å². The first-order valence-electron chi connectivity index (χ1n) is 14.3. The zero-order valence-electron chi connectivity index (χ0n) is 24.2. The Labute approximate surface area is 266 Å². The number of thiazole rings is 1. The molecule has 3 amide bonds. The maximum atomic E-state index is 13.3. The Morgan fingerprint density at radius 3 is 2.50 bits per heavy atom. The van der Waals surface area contributed by atoms with E-state index in [1.165, 1.54) is 16.9 Å². The second-order valence-corrected chi connectivity index (χ2v) is 14.7. The maximum absolute atomic E-state index is 13.3. The molecule has 44 heavy (non-hydrogen) atoms. The van der Waals surface area contributed by atoms with E-state index in [0.717, 1.165) is 45.9 Å². The lowest BCUT2D eigenvalue weighted by atomic mass is 10.0. The minimum atomic E-state index is -1.64. The molecule has 1 aromatic heterocycles. The minimum absolute atomic E-state index is 0.124. The summed E-state index contributed by atoms with van der Waals surface area (Å²) in [5.41, 5.74) is 4.29. The highest BCUT2D eigenvalue weighted by atomic mass is 33.1. The van der Waals surface area contributed by atoms with Crippen LogP contribution >= 0.6 is 22.1 Å². The van der Waals surface area contributed by atoms with E-state index in [9.17, 15) is 18.6 Å². The third-order valence-electron chi connectivity index (χ3n) is 6.93. The normalized spacial score (nSPS) is 14.1. The molecule has 230 valence electrons.